The van der Waals surface area contributed by atoms with Gasteiger partial charge in [0.15, 0.2) is 5.79 Å². The molecule has 0 radical (unpaired) electrons. The molecule has 3 rings (SSSR count). The summed E-state index contributed by atoms with van der Waals surface area (Å²) in [6.07, 6.45) is 7.23. The fourth-order valence-corrected chi connectivity index (χ4v) is 6.11. The van der Waals surface area contributed by atoms with Crippen LogP contribution in [0.4, 0.5) is 0 Å². The summed E-state index contributed by atoms with van der Waals surface area (Å²) in [6.45, 7) is 10.3. The summed E-state index contributed by atoms with van der Waals surface area (Å²) in [5.41, 5.74) is 0.774. The lowest BCUT2D eigenvalue weighted by molar-refractivity contribution is -0.314. The van der Waals surface area contributed by atoms with Crippen molar-refractivity contribution in [2.45, 2.75) is 84.2 Å². The summed E-state index contributed by atoms with van der Waals surface area (Å²) >= 11 is 0. The molecule has 27 heavy (non-hydrogen) atoms. The van der Waals surface area contributed by atoms with Gasteiger partial charge in [0.05, 0.1) is 25.4 Å². The number of aliphatic hydroxyl groups is 1. The highest BCUT2D eigenvalue weighted by Gasteiger charge is 2.67. The molecule has 3 aliphatic rings. The molecule has 1 aliphatic heterocycles. The zero-order valence-electron chi connectivity index (χ0n) is 17.8. The predicted molar refractivity (Wildman–Crippen MR) is 104 cm³/mol. The van der Waals surface area contributed by atoms with E-state index in [-0.39, 0.29) is 29.6 Å². The van der Waals surface area contributed by atoms with Gasteiger partial charge in [0.1, 0.15) is 6.79 Å². The van der Waals surface area contributed by atoms with Crippen LogP contribution in [0.5, 0.6) is 0 Å². The Morgan fingerprint density at radius 3 is 2.52 bits per heavy atom. The number of methoxy groups -OCH3 is 1. The van der Waals surface area contributed by atoms with Crippen molar-refractivity contribution in [3.05, 3.63) is 11.6 Å². The summed E-state index contributed by atoms with van der Waals surface area (Å²) in [7, 11) is 1.65. The molecule has 0 aromatic rings. The first-order chi connectivity index (χ1) is 12.8. The van der Waals surface area contributed by atoms with E-state index in [1.54, 1.807) is 7.11 Å². The summed E-state index contributed by atoms with van der Waals surface area (Å²) in [6, 6.07) is 0. The van der Waals surface area contributed by atoms with Crippen molar-refractivity contribution < 1.29 is 24.1 Å². The van der Waals surface area contributed by atoms with Gasteiger partial charge >= 0.3 is 0 Å². The van der Waals surface area contributed by atoms with Crippen molar-refractivity contribution in [2.24, 2.45) is 16.7 Å². The van der Waals surface area contributed by atoms with Crippen LogP contribution in [0, 0.1) is 16.7 Å². The Balaban J connectivity index is 1.97. The van der Waals surface area contributed by atoms with Crippen molar-refractivity contribution in [2.75, 3.05) is 27.1 Å². The number of hydrogen-bond donors (Lipinski definition) is 1. The van der Waals surface area contributed by atoms with Gasteiger partial charge in [-0.05, 0) is 51.9 Å². The van der Waals surface area contributed by atoms with E-state index in [0.717, 1.165) is 38.5 Å². The Bertz CT molecular complexity index is 537. The highest BCUT2D eigenvalue weighted by atomic mass is 16.7. The fraction of sp³-hybridized carbons (Fsp3) is 0.909. The molecule has 0 aromatic carbocycles. The quantitative estimate of drug-likeness (QED) is 0.555. The van der Waals surface area contributed by atoms with Crippen LogP contribution in [-0.4, -0.2) is 50.2 Å². The number of rotatable bonds is 6. The van der Waals surface area contributed by atoms with E-state index in [1.165, 1.54) is 5.57 Å². The van der Waals surface area contributed by atoms with E-state index in [2.05, 4.69) is 33.8 Å². The average Bonchev–Trinajstić information content (AvgIpc) is 3.10. The van der Waals surface area contributed by atoms with Gasteiger partial charge in [0.2, 0.25) is 0 Å². The molecule has 156 valence electrons. The molecule has 5 atom stereocenters. The molecule has 0 unspecified atom stereocenters. The largest absolute Gasteiger partial charge is 0.392 e. The van der Waals surface area contributed by atoms with E-state index < -0.39 is 11.9 Å². The average molecular weight is 383 g/mol. The molecule has 1 saturated heterocycles. The Hall–Kier alpha value is -0.460. The van der Waals surface area contributed by atoms with Crippen LogP contribution >= 0.6 is 0 Å². The third-order valence-electron chi connectivity index (χ3n) is 7.62. The standard InChI is InChI=1S/C22H38O5/c1-16(2)8-9-19(25-15-24-5)21(4)17-7-6-11-22(26-13-14-27-22)20(17,3)12-10-18(21)23/h8,17-19,23H,6-7,9-15H2,1-5H3/t17-,18+,19-,20+,21+/m1/s1. The smallest absolute Gasteiger partial charge is 0.174 e. The monoisotopic (exact) mass is 382 g/mol. The van der Waals surface area contributed by atoms with E-state index >= 15 is 0 Å². The maximum atomic E-state index is 11.2. The minimum Gasteiger partial charge on any atom is -0.392 e. The highest BCUT2D eigenvalue weighted by molar-refractivity contribution is 5.13. The lowest BCUT2D eigenvalue weighted by Crippen LogP contribution is -2.66. The van der Waals surface area contributed by atoms with Crippen LogP contribution in [0.25, 0.3) is 0 Å². The van der Waals surface area contributed by atoms with Gasteiger partial charge in [-0.1, -0.05) is 25.5 Å². The maximum Gasteiger partial charge on any atom is 0.174 e. The second kappa shape index (κ2) is 8.11. The first-order valence-electron chi connectivity index (χ1n) is 10.5. The molecule has 1 N–H and O–H groups in total. The molecule has 1 spiro atoms. The lowest BCUT2D eigenvalue weighted by Gasteiger charge is -2.63. The molecular weight excluding hydrogens is 344 g/mol. The van der Waals surface area contributed by atoms with Crippen LogP contribution in [0.2, 0.25) is 0 Å². The molecule has 0 aromatic heterocycles. The number of aliphatic hydroxyl groups excluding tert-OH is 1. The first kappa shape index (κ1) is 21.3. The molecule has 5 nitrogen and oxygen atoms in total. The summed E-state index contributed by atoms with van der Waals surface area (Å²) in [5, 5.41) is 11.2. The van der Waals surface area contributed by atoms with Crippen molar-refractivity contribution in [1.29, 1.82) is 0 Å². The molecule has 5 heteroatoms. The number of fused-ring (bicyclic) bond motifs is 2. The van der Waals surface area contributed by atoms with Gasteiger partial charge in [-0.15, -0.1) is 0 Å². The lowest BCUT2D eigenvalue weighted by atomic mass is 9.46. The molecule has 3 fully saturated rings. The van der Waals surface area contributed by atoms with Gasteiger partial charge in [-0.2, -0.15) is 0 Å². The van der Waals surface area contributed by atoms with Gasteiger partial charge in [0.25, 0.3) is 0 Å². The third-order valence-corrected chi connectivity index (χ3v) is 7.62. The van der Waals surface area contributed by atoms with E-state index in [4.69, 9.17) is 18.9 Å². The number of allylic oxidation sites excluding steroid dienone is 1. The zero-order valence-corrected chi connectivity index (χ0v) is 17.8. The van der Waals surface area contributed by atoms with Crippen LogP contribution < -0.4 is 0 Å². The van der Waals surface area contributed by atoms with Gasteiger partial charge in [0, 0.05) is 24.4 Å². The second-order valence-corrected chi connectivity index (χ2v) is 9.31. The fourth-order valence-electron chi connectivity index (χ4n) is 6.11. The molecule has 0 bridgehead atoms. The molecule has 0 amide bonds. The topological polar surface area (TPSA) is 57.2 Å². The molecule has 2 saturated carbocycles. The predicted octanol–water partition coefficient (Wildman–Crippen LogP) is 4.04. The summed E-state index contributed by atoms with van der Waals surface area (Å²) < 4.78 is 23.9. The number of hydrogen-bond acceptors (Lipinski definition) is 5. The van der Waals surface area contributed by atoms with Crippen molar-refractivity contribution in [1.82, 2.24) is 0 Å². The first-order valence-corrected chi connectivity index (χ1v) is 10.5. The number of ether oxygens (including phenoxy) is 4. The second-order valence-electron chi connectivity index (χ2n) is 9.31. The Morgan fingerprint density at radius 1 is 1.19 bits per heavy atom. The molecule has 2 aliphatic carbocycles. The van der Waals surface area contributed by atoms with Gasteiger partial charge in [-0.25, -0.2) is 0 Å². The Kier molecular flexibility index (Phi) is 6.39. The molecular formula is C22H38O5. The van der Waals surface area contributed by atoms with Crippen molar-refractivity contribution in [3.63, 3.8) is 0 Å². The van der Waals surface area contributed by atoms with Crippen LogP contribution in [0.15, 0.2) is 11.6 Å². The zero-order chi connectivity index (χ0) is 19.7. The van der Waals surface area contributed by atoms with Crippen molar-refractivity contribution in [3.8, 4) is 0 Å². The minimum absolute atomic E-state index is 0.108. The SMILES string of the molecule is COCO[C@H](CC=C(C)C)[C@]1(C)[C@@H](O)CC[C@@]2(C)[C@H]1CCCC21OCCO1. The van der Waals surface area contributed by atoms with Crippen LogP contribution in [0.1, 0.15) is 66.2 Å². The van der Waals surface area contributed by atoms with Gasteiger partial charge < -0.3 is 24.1 Å². The minimum atomic E-state index is -0.500. The van der Waals surface area contributed by atoms with E-state index in [0.29, 0.717) is 13.2 Å². The highest BCUT2D eigenvalue weighted by Crippen LogP contribution is 2.64. The van der Waals surface area contributed by atoms with Crippen LogP contribution in [-0.2, 0) is 18.9 Å². The van der Waals surface area contributed by atoms with E-state index in [9.17, 15) is 5.11 Å². The third kappa shape index (κ3) is 3.51. The normalized spacial score (nSPS) is 39.2. The van der Waals surface area contributed by atoms with Gasteiger partial charge in [-0.3, -0.25) is 0 Å². The summed E-state index contributed by atoms with van der Waals surface area (Å²) in [5.74, 6) is -0.229. The maximum absolute atomic E-state index is 11.2. The summed E-state index contributed by atoms with van der Waals surface area (Å²) in [4.78, 5) is 0. The van der Waals surface area contributed by atoms with Crippen molar-refractivity contribution >= 4 is 0 Å². The Morgan fingerprint density at radius 2 is 1.89 bits per heavy atom. The Labute approximate surface area is 164 Å². The molecule has 1 heterocycles. The van der Waals surface area contributed by atoms with E-state index in [1.807, 2.05) is 0 Å². The van der Waals surface area contributed by atoms with Crippen LogP contribution in [0.3, 0.4) is 0 Å².